The molecule has 4 aromatic rings. The van der Waals surface area contributed by atoms with Gasteiger partial charge in [0.15, 0.2) is 17.0 Å². The number of para-hydroxylation sites is 1. The molecule has 1 N–H and O–H groups in total. The van der Waals surface area contributed by atoms with Crippen LogP contribution in [0.3, 0.4) is 0 Å². The molecule has 0 aliphatic carbocycles. The van der Waals surface area contributed by atoms with Gasteiger partial charge in [-0.15, -0.1) is 0 Å². The molecule has 8 nitrogen and oxygen atoms in total. The predicted octanol–water partition coefficient (Wildman–Crippen LogP) is 2.93. The standard InChI is InChI=1S/C19H19N7O/c1-2-5-15(6-3-1)26-13-22-17-18(20-12-21-19(17)26)24-14-9-23-25(10-14)11-16-7-4-8-27-16/h1-3,5-6,9-10,12-13,16H,4,7-8,11H2,(H,20,21,24). The van der Waals surface area contributed by atoms with Crippen LogP contribution >= 0.6 is 0 Å². The summed E-state index contributed by atoms with van der Waals surface area (Å²) in [6.45, 7) is 1.61. The van der Waals surface area contributed by atoms with Crippen molar-refractivity contribution < 1.29 is 4.74 Å². The molecule has 0 amide bonds. The van der Waals surface area contributed by atoms with Crippen LogP contribution in [-0.4, -0.2) is 42.0 Å². The van der Waals surface area contributed by atoms with Crippen molar-refractivity contribution in [2.24, 2.45) is 0 Å². The largest absolute Gasteiger partial charge is 0.376 e. The van der Waals surface area contributed by atoms with Crippen LogP contribution in [0.15, 0.2) is 55.4 Å². The SMILES string of the molecule is c1ccc(-n2cnc3c(Nc4cnn(CC5CCCO5)c4)ncnc32)cc1. The van der Waals surface area contributed by atoms with Gasteiger partial charge in [-0.1, -0.05) is 18.2 Å². The molecule has 4 heterocycles. The second-order valence-corrected chi connectivity index (χ2v) is 6.56. The molecular weight excluding hydrogens is 342 g/mol. The number of imidazole rings is 1. The van der Waals surface area contributed by atoms with Gasteiger partial charge in [0.25, 0.3) is 0 Å². The minimum absolute atomic E-state index is 0.255. The van der Waals surface area contributed by atoms with Crippen LogP contribution in [0, 0.1) is 0 Å². The Balaban J connectivity index is 1.41. The molecule has 5 rings (SSSR count). The van der Waals surface area contributed by atoms with Crippen molar-refractivity contribution in [3.8, 4) is 5.69 Å². The van der Waals surface area contributed by atoms with Crippen LogP contribution in [-0.2, 0) is 11.3 Å². The maximum atomic E-state index is 5.67. The molecule has 0 radical (unpaired) electrons. The Morgan fingerprint density at radius 1 is 1.15 bits per heavy atom. The molecule has 1 fully saturated rings. The fourth-order valence-corrected chi connectivity index (χ4v) is 3.37. The van der Waals surface area contributed by atoms with E-state index in [1.165, 1.54) is 0 Å². The van der Waals surface area contributed by atoms with Crippen molar-refractivity contribution in [1.29, 1.82) is 0 Å². The first-order valence-electron chi connectivity index (χ1n) is 9.01. The van der Waals surface area contributed by atoms with Gasteiger partial charge in [-0.3, -0.25) is 9.25 Å². The second kappa shape index (κ2) is 6.81. The van der Waals surface area contributed by atoms with Gasteiger partial charge in [-0.05, 0) is 25.0 Å². The molecule has 3 aromatic heterocycles. The minimum atomic E-state index is 0.255. The number of hydrogen-bond donors (Lipinski definition) is 1. The number of benzene rings is 1. The highest BCUT2D eigenvalue weighted by molar-refractivity contribution is 5.85. The van der Waals surface area contributed by atoms with Gasteiger partial charge in [0.2, 0.25) is 0 Å². The van der Waals surface area contributed by atoms with E-state index in [-0.39, 0.29) is 6.10 Å². The number of nitrogens with one attached hydrogen (secondary N) is 1. The molecule has 0 saturated carbocycles. The zero-order chi connectivity index (χ0) is 18.1. The van der Waals surface area contributed by atoms with Gasteiger partial charge in [-0.25, -0.2) is 15.0 Å². The Hall–Kier alpha value is -3.26. The van der Waals surface area contributed by atoms with Crippen molar-refractivity contribution >= 4 is 22.7 Å². The van der Waals surface area contributed by atoms with Gasteiger partial charge in [0, 0.05) is 18.5 Å². The van der Waals surface area contributed by atoms with E-state index in [1.807, 2.05) is 45.8 Å². The Bertz CT molecular complexity index is 1050. The van der Waals surface area contributed by atoms with Crippen LogP contribution in [0.25, 0.3) is 16.9 Å². The summed E-state index contributed by atoms with van der Waals surface area (Å²) in [6.07, 6.45) is 9.53. The summed E-state index contributed by atoms with van der Waals surface area (Å²) in [4.78, 5) is 13.3. The first-order valence-corrected chi connectivity index (χ1v) is 9.01. The van der Waals surface area contributed by atoms with E-state index < -0.39 is 0 Å². The number of anilines is 2. The summed E-state index contributed by atoms with van der Waals surface area (Å²) < 4.78 is 9.52. The van der Waals surface area contributed by atoms with E-state index in [9.17, 15) is 0 Å². The topological polar surface area (TPSA) is 82.7 Å². The number of ether oxygens (including phenoxy) is 1. The molecule has 136 valence electrons. The van der Waals surface area contributed by atoms with Crippen molar-refractivity contribution in [2.45, 2.75) is 25.5 Å². The number of nitrogens with zero attached hydrogens (tertiary/aromatic N) is 6. The molecular formula is C19H19N7O. The number of rotatable bonds is 5. The molecule has 1 saturated heterocycles. The molecule has 27 heavy (non-hydrogen) atoms. The van der Waals surface area contributed by atoms with E-state index in [2.05, 4.69) is 25.4 Å². The third kappa shape index (κ3) is 3.15. The van der Waals surface area contributed by atoms with Gasteiger partial charge < -0.3 is 10.1 Å². The molecule has 8 heteroatoms. The summed E-state index contributed by atoms with van der Waals surface area (Å²) in [6, 6.07) is 10.0. The van der Waals surface area contributed by atoms with E-state index in [0.29, 0.717) is 11.3 Å². The second-order valence-electron chi connectivity index (χ2n) is 6.56. The lowest BCUT2D eigenvalue weighted by Gasteiger charge is -2.08. The fraction of sp³-hybridized carbons (Fsp3) is 0.263. The molecule has 0 spiro atoms. The average molecular weight is 361 g/mol. The predicted molar refractivity (Wildman–Crippen MR) is 101 cm³/mol. The van der Waals surface area contributed by atoms with Crippen LogP contribution in [0.2, 0.25) is 0 Å². The van der Waals surface area contributed by atoms with Gasteiger partial charge in [0.1, 0.15) is 12.7 Å². The third-order valence-electron chi connectivity index (χ3n) is 4.68. The molecule has 1 unspecified atom stereocenters. The monoisotopic (exact) mass is 361 g/mol. The number of aromatic nitrogens is 6. The molecule has 1 aliphatic heterocycles. The fourth-order valence-electron chi connectivity index (χ4n) is 3.37. The maximum Gasteiger partial charge on any atom is 0.170 e. The highest BCUT2D eigenvalue weighted by Crippen LogP contribution is 2.24. The lowest BCUT2D eigenvalue weighted by atomic mass is 10.2. The average Bonchev–Trinajstić information content (AvgIpc) is 3.44. The summed E-state index contributed by atoms with van der Waals surface area (Å²) in [5.41, 5.74) is 3.34. The van der Waals surface area contributed by atoms with Crippen LogP contribution < -0.4 is 5.32 Å². The van der Waals surface area contributed by atoms with E-state index >= 15 is 0 Å². The summed E-state index contributed by atoms with van der Waals surface area (Å²) in [5, 5.41) is 7.72. The quantitative estimate of drug-likeness (QED) is 0.588. The lowest BCUT2D eigenvalue weighted by molar-refractivity contribution is 0.0940. The first-order chi connectivity index (χ1) is 13.4. The van der Waals surface area contributed by atoms with Crippen LogP contribution in [0.4, 0.5) is 11.5 Å². The van der Waals surface area contributed by atoms with Crippen molar-refractivity contribution in [2.75, 3.05) is 11.9 Å². The highest BCUT2D eigenvalue weighted by Gasteiger charge is 2.17. The third-order valence-corrected chi connectivity index (χ3v) is 4.68. The number of hydrogen-bond acceptors (Lipinski definition) is 6. The van der Waals surface area contributed by atoms with Crippen molar-refractivity contribution in [3.63, 3.8) is 0 Å². The zero-order valence-electron chi connectivity index (χ0n) is 14.7. The zero-order valence-corrected chi connectivity index (χ0v) is 14.7. The molecule has 0 bridgehead atoms. The van der Waals surface area contributed by atoms with E-state index in [1.54, 1.807) is 18.9 Å². The normalized spacial score (nSPS) is 16.8. The van der Waals surface area contributed by atoms with Crippen molar-refractivity contribution in [1.82, 2.24) is 29.3 Å². The van der Waals surface area contributed by atoms with Crippen molar-refractivity contribution in [3.05, 3.63) is 55.4 Å². The van der Waals surface area contributed by atoms with E-state index in [0.717, 1.165) is 43.0 Å². The van der Waals surface area contributed by atoms with Crippen LogP contribution in [0.1, 0.15) is 12.8 Å². The number of fused-ring (bicyclic) bond motifs is 1. The highest BCUT2D eigenvalue weighted by atomic mass is 16.5. The Labute approximate surface area is 155 Å². The smallest absolute Gasteiger partial charge is 0.170 e. The summed E-state index contributed by atoms with van der Waals surface area (Å²) in [5.74, 6) is 0.659. The summed E-state index contributed by atoms with van der Waals surface area (Å²) in [7, 11) is 0. The molecule has 1 atom stereocenters. The summed E-state index contributed by atoms with van der Waals surface area (Å²) >= 11 is 0. The minimum Gasteiger partial charge on any atom is -0.376 e. The van der Waals surface area contributed by atoms with Gasteiger partial charge in [0.05, 0.1) is 24.5 Å². The maximum absolute atomic E-state index is 5.67. The van der Waals surface area contributed by atoms with Crippen LogP contribution in [0.5, 0.6) is 0 Å². The first kappa shape index (κ1) is 16.0. The Kier molecular flexibility index (Phi) is 4.02. The Morgan fingerprint density at radius 3 is 2.93 bits per heavy atom. The molecule has 1 aromatic carbocycles. The molecule has 1 aliphatic rings. The van der Waals surface area contributed by atoms with E-state index in [4.69, 9.17) is 4.74 Å². The lowest BCUT2D eigenvalue weighted by Crippen LogP contribution is -2.15. The van der Waals surface area contributed by atoms with Gasteiger partial charge >= 0.3 is 0 Å². The van der Waals surface area contributed by atoms with Gasteiger partial charge in [-0.2, -0.15) is 5.10 Å². The Morgan fingerprint density at radius 2 is 2.07 bits per heavy atom.